The van der Waals surface area contributed by atoms with Gasteiger partial charge >= 0.3 is 0 Å². The van der Waals surface area contributed by atoms with Crippen molar-refractivity contribution in [2.75, 3.05) is 21.4 Å². The smallest absolute Gasteiger partial charge is 0.265 e. The van der Waals surface area contributed by atoms with Crippen LogP contribution in [0.3, 0.4) is 0 Å². The zero-order chi connectivity index (χ0) is 21.4. The van der Waals surface area contributed by atoms with E-state index in [0.717, 1.165) is 12.1 Å². The number of anilines is 2. The molecule has 0 bridgehead atoms. The summed E-state index contributed by atoms with van der Waals surface area (Å²) in [6, 6.07) is 8.78. The molecular weight excluding hydrogens is 423 g/mol. The van der Waals surface area contributed by atoms with Crippen molar-refractivity contribution in [1.29, 1.82) is 0 Å². The Morgan fingerprint density at radius 1 is 1.24 bits per heavy atom. The van der Waals surface area contributed by atoms with Gasteiger partial charge < -0.3 is 4.74 Å². The number of hydrogen-bond donors (Lipinski definition) is 1. The molecule has 0 radical (unpaired) electrons. The number of nitrogens with zero attached hydrogens (tertiary/aromatic N) is 1. The largest absolute Gasteiger partial charge is 0.492 e. The second kappa shape index (κ2) is 7.64. The van der Waals surface area contributed by atoms with E-state index < -0.39 is 42.6 Å². The Labute approximate surface area is 168 Å². The van der Waals surface area contributed by atoms with Gasteiger partial charge in [-0.1, -0.05) is 19.1 Å². The predicted octanol–water partition coefficient (Wildman–Crippen LogP) is 2.34. The summed E-state index contributed by atoms with van der Waals surface area (Å²) in [7, 11) is -8.28. The van der Waals surface area contributed by atoms with Crippen LogP contribution in [0.4, 0.5) is 15.8 Å². The molecule has 1 saturated heterocycles. The summed E-state index contributed by atoms with van der Waals surface area (Å²) in [5, 5.41) is 0. The molecule has 1 heterocycles. The van der Waals surface area contributed by atoms with Crippen molar-refractivity contribution in [2.24, 2.45) is 5.92 Å². The first kappa shape index (κ1) is 21.1. The van der Waals surface area contributed by atoms with Crippen LogP contribution in [0, 0.1) is 11.7 Å². The van der Waals surface area contributed by atoms with Crippen LogP contribution >= 0.6 is 0 Å². The van der Waals surface area contributed by atoms with Crippen LogP contribution in [-0.2, 0) is 24.8 Å². The maximum atomic E-state index is 13.9. The molecule has 1 unspecified atom stereocenters. The minimum absolute atomic E-state index is 0.0582. The first-order valence-electron chi connectivity index (χ1n) is 8.68. The number of hydrogen-bond acceptors (Lipinski definition) is 6. The lowest BCUT2D eigenvalue weighted by molar-refractivity contribution is -0.119. The van der Waals surface area contributed by atoms with Gasteiger partial charge in [0.15, 0.2) is 0 Å². The minimum atomic E-state index is -4.36. The van der Waals surface area contributed by atoms with Crippen molar-refractivity contribution in [3.63, 3.8) is 0 Å². The highest BCUT2D eigenvalue weighted by molar-refractivity contribution is 7.94. The van der Waals surface area contributed by atoms with E-state index in [9.17, 15) is 26.0 Å². The number of ether oxygens (including phenoxy) is 1. The van der Waals surface area contributed by atoms with Gasteiger partial charge in [-0.25, -0.2) is 25.5 Å². The fraction of sp³-hybridized carbons (Fsp3) is 0.278. The first-order chi connectivity index (χ1) is 13.6. The molecule has 1 aliphatic rings. The molecule has 0 aromatic heterocycles. The van der Waals surface area contributed by atoms with Gasteiger partial charge in [0.2, 0.25) is 15.9 Å². The third-order valence-electron chi connectivity index (χ3n) is 4.23. The van der Waals surface area contributed by atoms with Crippen molar-refractivity contribution < 1.29 is 30.8 Å². The van der Waals surface area contributed by atoms with E-state index in [1.54, 1.807) is 6.92 Å². The maximum absolute atomic E-state index is 13.9. The highest BCUT2D eigenvalue weighted by Crippen LogP contribution is 2.35. The topological polar surface area (TPSA) is 110 Å². The van der Waals surface area contributed by atoms with Crippen LogP contribution in [0.15, 0.2) is 47.4 Å². The molecule has 3 rings (SSSR count). The lowest BCUT2D eigenvalue weighted by Crippen LogP contribution is -2.30. The van der Waals surface area contributed by atoms with E-state index in [1.807, 2.05) is 0 Å². The van der Waals surface area contributed by atoms with E-state index in [1.165, 1.54) is 37.3 Å². The molecular formula is C18H19FN2O6S2. The Morgan fingerprint density at radius 3 is 2.52 bits per heavy atom. The van der Waals surface area contributed by atoms with Crippen LogP contribution in [0.2, 0.25) is 0 Å². The number of halogens is 1. The van der Waals surface area contributed by atoms with Gasteiger partial charge in [-0.3, -0.25) is 9.52 Å². The Kier molecular flexibility index (Phi) is 5.54. The van der Waals surface area contributed by atoms with Crippen molar-refractivity contribution >= 4 is 37.3 Å². The third-order valence-corrected chi connectivity index (χ3v) is 7.48. The van der Waals surface area contributed by atoms with E-state index in [-0.39, 0.29) is 29.5 Å². The van der Waals surface area contributed by atoms with Crippen LogP contribution in [0.1, 0.15) is 13.8 Å². The monoisotopic (exact) mass is 442 g/mol. The van der Waals surface area contributed by atoms with Gasteiger partial charge in [0, 0.05) is 0 Å². The molecule has 0 saturated carbocycles. The molecule has 0 aliphatic carbocycles. The predicted molar refractivity (Wildman–Crippen MR) is 105 cm³/mol. The second-order valence-corrected chi connectivity index (χ2v) is 9.94. The summed E-state index contributed by atoms with van der Waals surface area (Å²) in [5.41, 5.74) is -0.407. The number of rotatable bonds is 6. The number of carbonyl (C=O) groups excluding carboxylic acids is 1. The third kappa shape index (κ3) is 4.06. The number of nitrogens with one attached hydrogen (secondary N) is 1. The quantitative estimate of drug-likeness (QED) is 0.735. The van der Waals surface area contributed by atoms with Crippen molar-refractivity contribution in [3.8, 4) is 5.75 Å². The number of para-hydroxylation sites is 1. The molecule has 2 aromatic carbocycles. The molecule has 1 amide bonds. The molecule has 8 nitrogen and oxygen atoms in total. The van der Waals surface area contributed by atoms with E-state index >= 15 is 0 Å². The van der Waals surface area contributed by atoms with E-state index in [2.05, 4.69) is 4.72 Å². The fourth-order valence-corrected chi connectivity index (χ4v) is 5.98. The second-order valence-electron chi connectivity index (χ2n) is 6.43. The summed E-state index contributed by atoms with van der Waals surface area (Å²) >= 11 is 0. The average molecular weight is 442 g/mol. The average Bonchev–Trinajstić information content (AvgIpc) is 2.84. The number of amides is 1. The van der Waals surface area contributed by atoms with Crippen LogP contribution in [-0.4, -0.2) is 35.1 Å². The standard InChI is InChI=1S/C18H19FN2O6S2/c1-3-27-16-9-8-13(21-18(22)12(2)11-28(21,23)24)10-17(16)29(25,26)20-15-7-5-4-6-14(15)19/h4-10,12,20H,3,11H2,1-2H3. The Hall–Kier alpha value is -2.66. The molecule has 2 aromatic rings. The molecule has 156 valence electrons. The van der Waals surface area contributed by atoms with Crippen molar-refractivity contribution in [3.05, 3.63) is 48.3 Å². The Balaban J connectivity index is 2.11. The van der Waals surface area contributed by atoms with Crippen LogP contribution in [0.5, 0.6) is 5.75 Å². The number of benzene rings is 2. The summed E-state index contributed by atoms with van der Waals surface area (Å²) in [5.74, 6) is -2.61. The normalized spacial score (nSPS) is 18.7. The van der Waals surface area contributed by atoms with E-state index in [4.69, 9.17) is 4.74 Å². The van der Waals surface area contributed by atoms with Crippen molar-refractivity contribution in [2.45, 2.75) is 18.7 Å². The van der Waals surface area contributed by atoms with Crippen LogP contribution < -0.4 is 13.8 Å². The van der Waals surface area contributed by atoms with Gasteiger partial charge in [0.25, 0.3) is 10.0 Å². The van der Waals surface area contributed by atoms with E-state index in [0.29, 0.717) is 4.31 Å². The lowest BCUT2D eigenvalue weighted by Gasteiger charge is -2.19. The Morgan fingerprint density at radius 2 is 1.93 bits per heavy atom. The maximum Gasteiger partial charge on any atom is 0.265 e. The number of carbonyl (C=O) groups is 1. The highest BCUT2D eigenvalue weighted by atomic mass is 32.2. The summed E-state index contributed by atoms with van der Waals surface area (Å²) in [6.07, 6.45) is 0. The molecule has 1 fully saturated rings. The first-order valence-corrected chi connectivity index (χ1v) is 11.8. The summed E-state index contributed by atoms with van der Waals surface area (Å²) in [6.45, 7) is 3.26. The highest BCUT2D eigenvalue weighted by Gasteiger charge is 2.42. The van der Waals surface area contributed by atoms with Crippen molar-refractivity contribution in [1.82, 2.24) is 0 Å². The molecule has 1 aliphatic heterocycles. The SMILES string of the molecule is CCOc1ccc(N2C(=O)C(C)CS2(=O)=O)cc1S(=O)(=O)Nc1ccccc1F. The summed E-state index contributed by atoms with van der Waals surface area (Å²) in [4.78, 5) is 11.9. The zero-order valence-corrected chi connectivity index (χ0v) is 17.3. The Bertz CT molecular complexity index is 1160. The van der Waals surface area contributed by atoms with Gasteiger partial charge in [0.05, 0.1) is 29.7 Å². The van der Waals surface area contributed by atoms with Gasteiger partial charge in [-0.2, -0.15) is 0 Å². The lowest BCUT2D eigenvalue weighted by atomic mass is 10.2. The molecule has 29 heavy (non-hydrogen) atoms. The summed E-state index contributed by atoms with van der Waals surface area (Å²) < 4.78 is 72.5. The minimum Gasteiger partial charge on any atom is -0.492 e. The molecule has 1 atom stereocenters. The number of sulfonamides is 2. The van der Waals surface area contributed by atoms with Crippen LogP contribution in [0.25, 0.3) is 0 Å². The molecule has 0 spiro atoms. The van der Waals surface area contributed by atoms with Gasteiger partial charge in [0.1, 0.15) is 16.5 Å². The van der Waals surface area contributed by atoms with Gasteiger partial charge in [-0.15, -0.1) is 0 Å². The zero-order valence-electron chi connectivity index (χ0n) is 15.6. The fourth-order valence-electron chi connectivity index (χ4n) is 2.94. The van der Waals surface area contributed by atoms with Gasteiger partial charge in [-0.05, 0) is 37.3 Å². The molecule has 1 N–H and O–H groups in total. The molecule has 11 heteroatoms.